The van der Waals surface area contributed by atoms with Crippen LogP contribution in [0.15, 0.2) is 24.3 Å². The highest BCUT2D eigenvalue weighted by Crippen LogP contribution is 2.54. The van der Waals surface area contributed by atoms with Crippen molar-refractivity contribution in [1.82, 2.24) is 4.90 Å². The molecule has 1 aliphatic carbocycles. The van der Waals surface area contributed by atoms with E-state index in [0.717, 1.165) is 13.0 Å². The molecule has 0 aromatic heterocycles. The van der Waals surface area contributed by atoms with E-state index in [2.05, 4.69) is 13.8 Å². The largest absolute Gasteiger partial charge is 0.388 e. The van der Waals surface area contributed by atoms with Gasteiger partial charge in [-0.1, -0.05) is 26.0 Å². The van der Waals surface area contributed by atoms with Gasteiger partial charge in [0.15, 0.2) is 0 Å². The first-order valence-electron chi connectivity index (χ1n) is 8.13. The summed E-state index contributed by atoms with van der Waals surface area (Å²) in [5.41, 5.74) is 0.358. The van der Waals surface area contributed by atoms with Crippen molar-refractivity contribution in [1.29, 1.82) is 0 Å². The Bertz CT molecular complexity index is 604. The number of fused-ring (bicyclic) bond motifs is 1. The first-order valence-corrected chi connectivity index (χ1v) is 8.13. The molecule has 23 heavy (non-hydrogen) atoms. The minimum Gasteiger partial charge on any atom is -0.388 e. The van der Waals surface area contributed by atoms with Crippen LogP contribution in [0.25, 0.3) is 0 Å². The molecule has 1 aromatic rings. The number of hydrogen-bond acceptors (Lipinski definition) is 3. The normalized spacial score (nSPS) is 29.5. The Morgan fingerprint density at radius 3 is 2.96 bits per heavy atom. The fraction of sp³-hybridized carbons (Fsp3) is 0.611. The third kappa shape index (κ3) is 2.76. The van der Waals surface area contributed by atoms with Crippen LogP contribution in [0.3, 0.4) is 0 Å². The molecule has 0 spiro atoms. The molecule has 4 unspecified atom stereocenters. The monoisotopic (exact) mass is 321 g/mol. The van der Waals surface area contributed by atoms with E-state index in [1.54, 1.807) is 18.0 Å². The third-order valence-corrected chi connectivity index (χ3v) is 5.45. The molecule has 0 radical (unpaired) electrons. The Morgan fingerprint density at radius 1 is 1.52 bits per heavy atom. The van der Waals surface area contributed by atoms with Crippen molar-refractivity contribution < 1.29 is 19.0 Å². The summed E-state index contributed by atoms with van der Waals surface area (Å²) in [5, 5.41) is 10.2. The summed E-state index contributed by atoms with van der Waals surface area (Å²) in [5.74, 6) is -0.149. The second kappa shape index (κ2) is 5.87. The van der Waals surface area contributed by atoms with Crippen molar-refractivity contribution in [2.75, 3.05) is 13.7 Å². The van der Waals surface area contributed by atoms with Crippen LogP contribution in [-0.4, -0.2) is 41.7 Å². The molecule has 1 saturated heterocycles. The number of nitrogens with zero attached hydrogens (tertiary/aromatic N) is 1. The summed E-state index contributed by atoms with van der Waals surface area (Å²) in [4.78, 5) is 14.3. The van der Waals surface area contributed by atoms with Gasteiger partial charge in [-0.2, -0.15) is 0 Å². The quantitative estimate of drug-likeness (QED) is 0.927. The maximum Gasteiger partial charge on any atom is 0.225 e. The zero-order valence-corrected chi connectivity index (χ0v) is 13.8. The summed E-state index contributed by atoms with van der Waals surface area (Å²) in [6, 6.07) is 5.89. The van der Waals surface area contributed by atoms with Gasteiger partial charge < -0.3 is 14.7 Å². The van der Waals surface area contributed by atoms with Crippen molar-refractivity contribution in [2.45, 2.75) is 44.9 Å². The fourth-order valence-electron chi connectivity index (χ4n) is 4.38. The molecular weight excluding hydrogens is 297 g/mol. The molecule has 1 heterocycles. The third-order valence-electron chi connectivity index (χ3n) is 5.45. The minimum atomic E-state index is -0.987. The molecule has 2 aliphatic rings. The molecule has 0 bridgehead atoms. The summed E-state index contributed by atoms with van der Waals surface area (Å²) in [7, 11) is 1.79. The Kier molecular flexibility index (Phi) is 4.19. The van der Waals surface area contributed by atoms with Crippen LogP contribution in [0.2, 0.25) is 0 Å². The van der Waals surface area contributed by atoms with Crippen molar-refractivity contribution in [2.24, 2.45) is 11.3 Å². The van der Waals surface area contributed by atoms with Crippen molar-refractivity contribution in [3.63, 3.8) is 0 Å². The zero-order valence-electron chi connectivity index (χ0n) is 13.8. The van der Waals surface area contributed by atoms with E-state index in [4.69, 9.17) is 4.74 Å². The summed E-state index contributed by atoms with van der Waals surface area (Å²) < 4.78 is 19.0. The van der Waals surface area contributed by atoms with Gasteiger partial charge >= 0.3 is 0 Å². The summed E-state index contributed by atoms with van der Waals surface area (Å²) in [6.07, 6.45) is 0.170. The van der Waals surface area contributed by atoms with Crippen LogP contribution in [0.4, 0.5) is 4.39 Å². The second-order valence-corrected chi connectivity index (χ2v) is 7.29. The lowest BCUT2D eigenvalue weighted by molar-refractivity contribution is -0.168. The van der Waals surface area contributed by atoms with E-state index in [9.17, 15) is 14.3 Å². The second-order valence-electron chi connectivity index (χ2n) is 7.29. The fourth-order valence-corrected chi connectivity index (χ4v) is 4.38. The first kappa shape index (κ1) is 16.4. The van der Waals surface area contributed by atoms with Crippen LogP contribution in [-0.2, 0) is 9.53 Å². The van der Waals surface area contributed by atoms with Gasteiger partial charge in [-0.15, -0.1) is 0 Å². The van der Waals surface area contributed by atoms with Crippen molar-refractivity contribution in [3.05, 3.63) is 35.6 Å². The number of aliphatic hydroxyl groups excluding tert-OH is 1. The smallest absolute Gasteiger partial charge is 0.225 e. The van der Waals surface area contributed by atoms with Crippen LogP contribution in [0, 0.1) is 17.2 Å². The number of ether oxygens (including phenoxy) is 1. The van der Waals surface area contributed by atoms with Gasteiger partial charge in [-0.05, 0) is 24.1 Å². The maximum atomic E-state index is 13.2. The molecule has 3 rings (SSSR count). The van der Waals surface area contributed by atoms with Crippen LogP contribution in [0.5, 0.6) is 0 Å². The van der Waals surface area contributed by atoms with Crippen molar-refractivity contribution in [3.8, 4) is 0 Å². The van der Waals surface area contributed by atoms with Gasteiger partial charge in [0.2, 0.25) is 5.91 Å². The number of rotatable bonds is 4. The number of halogens is 1. The molecular formula is C18H24FNO3. The van der Waals surface area contributed by atoms with Crippen LogP contribution < -0.4 is 0 Å². The lowest BCUT2D eigenvalue weighted by atomic mass is 9.56. The van der Waals surface area contributed by atoms with E-state index < -0.39 is 11.9 Å². The number of carbonyl (C=O) groups is 1. The average molecular weight is 321 g/mol. The number of aliphatic hydroxyl groups is 1. The predicted octanol–water partition coefficient (Wildman–Crippen LogP) is 2.52. The Labute approximate surface area is 136 Å². The number of hydrogen-bond donors (Lipinski definition) is 1. The standard InChI is InChI=1S/C18H24FNO3/c1-18(2)16(13-7-8-23-17(13)18)20(3)15(22)10-14(21)11-5-4-6-12(19)9-11/h4-6,9,13-14,16-17,21H,7-8,10H2,1-3H3. The highest BCUT2D eigenvalue weighted by Gasteiger charge is 2.61. The van der Waals surface area contributed by atoms with E-state index in [0.29, 0.717) is 11.5 Å². The molecule has 4 nitrogen and oxygen atoms in total. The molecule has 4 atom stereocenters. The lowest BCUT2D eigenvalue weighted by Gasteiger charge is -2.57. The number of amides is 1. The lowest BCUT2D eigenvalue weighted by Crippen LogP contribution is -2.67. The molecule has 1 aromatic carbocycles. The minimum absolute atomic E-state index is 0.0369. The zero-order chi connectivity index (χ0) is 16.8. The Balaban J connectivity index is 1.66. The molecule has 1 saturated carbocycles. The van der Waals surface area contributed by atoms with Crippen molar-refractivity contribution >= 4 is 5.91 Å². The Morgan fingerprint density at radius 2 is 2.26 bits per heavy atom. The first-order chi connectivity index (χ1) is 10.8. The van der Waals surface area contributed by atoms with E-state index >= 15 is 0 Å². The predicted molar refractivity (Wildman–Crippen MR) is 84.2 cm³/mol. The summed E-state index contributed by atoms with van der Waals surface area (Å²) >= 11 is 0. The highest BCUT2D eigenvalue weighted by molar-refractivity contribution is 5.77. The Hall–Kier alpha value is -1.46. The molecule has 5 heteroatoms. The molecule has 1 amide bonds. The van der Waals surface area contributed by atoms with Gasteiger partial charge in [0.25, 0.3) is 0 Å². The van der Waals surface area contributed by atoms with E-state index in [-0.39, 0.29) is 29.9 Å². The summed E-state index contributed by atoms with van der Waals surface area (Å²) in [6.45, 7) is 5.00. The molecule has 2 fully saturated rings. The van der Waals surface area contributed by atoms with Gasteiger partial charge in [0.05, 0.1) is 18.6 Å². The number of benzene rings is 1. The molecule has 1 N–H and O–H groups in total. The van der Waals surface area contributed by atoms with Gasteiger partial charge in [-0.3, -0.25) is 4.79 Å². The SMILES string of the molecule is CN(C(=O)CC(O)c1cccc(F)c1)C1C2CCOC2C1(C)C. The molecule has 1 aliphatic heterocycles. The average Bonchev–Trinajstić information content (AvgIpc) is 2.93. The van der Waals surface area contributed by atoms with E-state index in [1.807, 2.05) is 0 Å². The van der Waals surface area contributed by atoms with Gasteiger partial charge in [0, 0.05) is 31.0 Å². The number of carbonyl (C=O) groups excluding carboxylic acids is 1. The topological polar surface area (TPSA) is 49.8 Å². The van der Waals surface area contributed by atoms with Gasteiger partial charge in [-0.25, -0.2) is 4.39 Å². The van der Waals surface area contributed by atoms with Crippen LogP contribution >= 0.6 is 0 Å². The van der Waals surface area contributed by atoms with Gasteiger partial charge in [0.1, 0.15) is 5.82 Å². The maximum absolute atomic E-state index is 13.2. The highest BCUT2D eigenvalue weighted by atomic mass is 19.1. The van der Waals surface area contributed by atoms with E-state index in [1.165, 1.54) is 18.2 Å². The van der Waals surface area contributed by atoms with Crippen LogP contribution in [0.1, 0.15) is 38.4 Å². The molecule has 126 valence electrons.